The molecule has 0 aromatic heterocycles. The van der Waals surface area contributed by atoms with Crippen molar-refractivity contribution in [2.45, 2.75) is 13.0 Å². The summed E-state index contributed by atoms with van der Waals surface area (Å²) in [6.07, 6.45) is 8.68. The van der Waals surface area contributed by atoms with E-state index in [2.05, 4.69) is 36.5 Å². The molecule has 2 atom stereocenters. The molecule has 2 aliphatic rings. The molecular weight excluding hydrogens is 148 g/mol. The van der Waals surface area contributed by atoms with Gasteiger partial charge in [-0.1, -0.05) is 24.3 Å². The van der Waals surface area contributed by atoms with Gasteiger partial charge in [0.2, 0.25) is 0 Å². The van der Waals surface area contributed by atoms with Crippen LogP contribution in [0.25, 0.3) is 0 Å². The van der Waals surface area contributed by atoms with Crippen LogP contribution in [0.1, 0.15) is 6.92 Å². The Hall–Kier alpha value is -1.02. The largest absolute Gasteiger partial charge is 0.381 e. The molecule has 0 aromatic carbocycles. The minimum Gasteiger partial charge on any atom is -0.381 e. The second-order valence-electron chi connectivity index (χ2n) is 3.38. The highest BCUT2D eigenvalue weighted by atomic mass is 15.0. The van der Waals surface area contributed by atoms with Crippen molar-refractivity contribution in [3.8, 4) is 0 Å². The van der Waals surface area contributed by atoms with Gasteiger partial charge in [0.25, 0.3) is 0 Å². The second kappa shape index (κ2) is 2.79. The molecule has 2 rings (SSSR count). The fourth-order valence-corrected chi connectivity index (χ4v) is 1.89. The predicted octanol–water partition coefficient (Wildman–Crippen LogP) is 0.933. The Labute approximate surface area is 72.8 Å². The van der Waals surface area contributed by atoms with Gasteiger partial charge in [-0.05, 0) is 12.5 Å². The van der Waals surface area contributed by atoms with Crippen molar-refractivity contribution in [3.63, 3.8) is 0 Å². The summed E-state index contributed by atoms with van der Waals surface area (Å²) in [6.45, 7) is 2.75. The minimum atomic E-state index is 0.431. The van der Waals surface area contributed by atoms with Crippen LogP contribution >= 0.6 is 0 Å². The van der Waals surface area contributed by atoms with Gasteiger partial charge in [-0.2, -0.15) is 0 Å². The maximum Gasteiger partial charge on any atom is 0.0584 e. The molecule has 2 heteroatoms. The molecule has 0 saturated heterocycles. The van der Waals surface area contributed by atoms with Crippen molar-refractivity contribution in [1.82, 2.24) is 5.32 Å². The molecule has 12 heavy (non-hydrogen) atoms. The van der Waals surface area contributed by atoms with E-state index in [1.807, 2.05) is 0 Å². The molecule has 0 spiro atoms. The lowest BCUT2D eigenvalue weighted by Crippen LogP contribution is -2.33. The zero-order chi connectivity index (χ0) is 8.55. The molecule has 0 bridgehead atoms. The molecule has 0 fully saturated rings. The number of hydrogen-bond acceptors (Lipinski definition) is 2. The van der Waals surface area contributed by atoms with E-state index in [4.69, 9.17) is 5.73 Å². The van der Waals surface area contributed by atoms with Gasteiger partial charge in [-0.15, -0.1) is 0 Å². The van der Waals surface area contributed by atoms with E-state index in [0.29, 0.717) is 18.5 Å². The van der Waals surface area contributed by atoms with Crippen LogP contribution in [-0.2, 0) is 0 Å². The van der Waals surface area contributed by atoms with E-state index in [1.165, 1.54) is 11.3 Å². The van der Waals surface area contributed by atoms with Gasteiger partial charge in [-0.25, -0.2) is 0 Å². The van der Waals surface area contributed by atoms with E-state index in [-0.39, 0.29) is 0 Å². The van der Waals surface area contributed by atoms with E-state index < -0.39 is 0 Å². The molecule has 1 aliphatic carbocycles. The summed E-state index contributed by atoms with van der Waals surface area (Å²) in [5, 5.41) is 3.42. The fraction of sp³-hybridized carbons (Fsp3) is 0.400. The van der Waals surface area contributed by atoms with Crippen molar-refractivity contribution in [3.05, 3.63) is 35.6 Å². The van der Waals surface area contributed by atoms with Gasteiger partial charge in [0.15, 0.2) is 0 Å². The summed E-state index contributed by atoms with van der Waals surface area (Å²) in [4.78, 5) is 0. The number of nitrogens with two attached hydrogens (primary N) is 1. The molecule has 2 nitrogen and oxygen atoms in total. The van der Waals surface area contributed by atoms with Crippen molar-refractivity contribution < 1.29 is 0 Å². The summed E-state index contributed by atoms with van der Waals surface area (Å²) in [6, 6.07) is 0.431. The van der Waals surface area contributed by atoms with Crippen molar-refractivity contribution in [2.24, 2.45) is 11.7 Å². The Kier molecular flexibility index (Phi) is 1.77. The average molecular weight is 162 g/mol. The van der Waals surface area contributed by atoms with Crippen LogP contribution in [0, 0.1) is 5.92 Å². The van der Waals surface area contributed by atoms with Crippen LogP contribution in [0.15, 0.2) is 35.6 Å². The molecule has 64 valence electrons. The maximum absolute atomic E-state index is 5.64. The van der Waals surface area contributed by atoms with Crippen LogP contribution in [0.4, 0.5) is 0 Å². The first-order valence-electron chi connectivity index (χ1n) is 4.33. The molecule has 1 heterocycles. The van der Waals surface area contributed by atoms with Gasteiger partial charge in [-0.3, -0.25) is 0 Å². The van der Waals surface area contributed by atoms with Crippen LogP contribution < -0.4 is 11.1 Å². The molecule has 2 unspecified atom stereocenters. The lowest BCUT2D eigenvalue weighted by molar-refractivity contribution is 0.597. The SMILES string of the molecule is CC1=CC2C=CC=C(CN)C2N1. The maximum atomic E-state index is 5.64. The molecular formula is C10H14N2. The topological polar surface area (TPSA) is 38.0 Å². The lowest BCUT2D eigenvalue weighted by atomic mass is 9.91. The molecule has 3 N–H and O–H groups in total. The summed E-state index contributed by atoms with van der Waals surface area (Å²) < 4.78 is 0. The van der Waals surface area contributed by atoms with E-state index >= 15 is 0 Å². The second-order valence-corrected chi connectivity index (χ2v) is 3.38. The average Bonchev–Trinajstić information content (AvgIpc) is 2.44. The Morgan fingerprint density at radius 1 is 1.58 bits per heavy atom. The van der Waals surface area contributed by atoms with Crippen molar-refractivity contribution in [2.75, 3.05) is 6.54 Å². The quantitative estimate of drug-likeness (QED) is 0.602. The van der Waals surface area contributed by atoms with Crippen LogP contribution in [0.2, 0.25) is 0 Å². The summed E-state index contributed by atoms with van der Waals surface area (Å²) in [7, 11) is 0. The highest BCUT2D eigenvalue weighted by Crippen LogP contribution is 2.26. The highest BCUT2D eigenvalue weighted by molar-refractivity contribution is 5.35. The van der Waals surface area contributed by atoms with Gasteiger partial charge in [0.05, 0.1) is 6.04 Å². The zero-order valence-electron chi connectivity index (χ0n) is 7.25. The summed E-state index contributed by atoms with van der Waals surface area (Å²) in [5.74, 6) is 0.522. The standard InChI is InChI=1S/C10H14N2/c1-7-5-8-3-2-4-9(6-11)10(8)12-7/h2-5,8,10,12H,6,11H2,1H3. The first-order valence-corrected chi connectivity index (χ1v) is 4.33. The number of rotatable bonds is 1. The van der Waals surface area contributed by atoms with Crippen LogP contribution in [0.3, 0.4) is 0 Å². The van der Waals surface area contributed by atoms with Gasteiger partial charge >= 0.3 is 0 Å². The van der Waals surface area contributed by atoms with E-state index in [0.717, 1.165) is 0 Å². The highest BCUT2D eigenvalue weighted by Gasteiger charge is 2.27. The first-order chi connectivity index (χ1) is 5.81. The van der Waals surface area contributed by atoms with Crippen LogP contribution in [-0.4, -0.2) is 12.6 Å². The Balaban J connectivity index is 2.24. The van der Waals surface area contributed by atoms with E-state index in [1.54, 1.807) is 0 Å². The number of fused-ring (bicyclic) bond motifs is 1. The lowest BCUT2D eigenvalue weighted by Gasteiger charge is -2.22. The third-order valence-corrected chi connectivity index (χ3v) is 2.49. The Morgan fingerprint density at radius 2 is 2.42 bits per heavy atom. The smallest absolute Gasteiger partial charge is 0.0584 e. The number of hydrogen-bond donors (Lipinski definition) is 2. The zero-order valence-corrected chi connectivity index (χ0v) is 7.25. The number of nitrogens with one attached hydrogen (secondary N) is 1. The minimum absolute atomic E-state index is 0.431. The Bertz CT molecular complexity index is 274. The van der Waals surface area contributed by atoms with Crippen molar-refractivity contribution in [1.29, 1.82) is 0 Å². The third-order valence-electron chi connectivity index (χ3n) is 2.49. The normalized spacial score (nSPS) is 32.2. The Morgan fingerprint density at radius 3 is 3.17 bits per heavy atom. The molecule has 0 aromatic rings. The molecule has 0 saturated carbocycles. The summed E-state index contributed by atoms with van der Waals surface area (Å²) >= 11 is 0. The summed E-state index contributed by atoms with van der Waals surface area (Å²) in [5.41, 5.74) is 8.20. The molecule has 0 radical (unpaired) electrons. The molecule has 1 aliphatic heterocycles. The fourth-order valence-electron chi connectivity index (χ4n) is 1.89. The van der Waals surface area contributed by atoms with Crippen LogP contribution in [0.5, 0.6) is 0 Å². The van der Waals surface area contributed by atoms with E-state index in [9.17, 15) is 0 Å². The third kappa shape index (κ3) is 1.08. The predicted molar refractivity (Wildman–Crippen MR) is 50.4 cm³/mol. The van der Waals surface area contributed by atoms with Gasteiger partial charge in [0.1, 0.15) is 0 Å². The first kappa shape index (κ1) is 7.62. The van der Waals surface area contributed by atoms with Gasteiger partial charge < -0.3 is 11.1 Å². The van der Waals surface area contributed by atoms with Gasteiger partial charge in [0, 0.05) is 18.2 Å². The monoisotopic (exact) mass is 162 g/mol. The molecule has 0 amide bonds. The number of allylic oxidation sites excluding steroid dienone is 3. The van der Waals surface area contributed by atoms with Crippen molar-refractivity contribution >= 4 is 0 Å².